The minimum Gasteiger partial charge on any atom is -0.265 e. The van der Waals surface area contributed by atoms with Gasteiger partial charge in [0.2, 0.25) is 0 Å². The molecule has 0 N–H and O–H groups in total. The lowest BCUT2D eigenvalue weighted by Gasteiger charge is -2.21. The van der Waals surface area contributed by atoms with Crippen molar-refractivity contribution in [1.82, 2.24) is 0 Å². The first-order chi connectivity index (χ1) is 6.04. The van der Waals surface area contributed by atoms with Gasteiger partial charge in [-0.15, -0.1) is 0 Å². The van der Waals surface area contributed by atoms with Crippen molar-refractivity contribution in [3.8, 4) is 0 Å². The van der Waals surface area contributed by atoms with Crippen LogP contribution >= 0.6 is 0 Å². The first-order valence-electron chi connectivity index (χ1n) is 5.27. The maximum atomic E-state index is 4.52. The van der Waals surface area contributed by atoms with Crippen LogP contribution in [0.5, 0.6) is 0 Å². The zero-order chi connectivity index (χ0) is 11.6. The molecule has 0 heterocycles. The Morgan fingerprint density at radius 2 is 1.36 bits per heavy atom. The molecule has 1 nitrogen and oxygen atoms in total. The van der Waals surface area contributed by atoms with E-state index in [9.17, 15) is 0 Å². The number of rotatable bonds is 1. The summed E-state index contributed by atoms with van der Waals surface area (Å²) in [5.41, 5.74) is 2.89. The second-order valence-electron chi connectivity index (χ2n) is 6.08. The molecule has 0 atom stereocenters. The van der Waals surface area contributed by atoms with Gasteiger partial charge in [0.05, 0.1) is 0 Å². The molecule has 0 unspecified atom stereocenters. The van der Waals surface area contributed by atoms with Crippen LogP contribution in [-0.4, -0.2) is 6.21 Å². The third-order valence-electron chi connectivity index (χ3n) is 2.31. The standard InChI is InChI=1S/C13H25N/c1-10(13(6,7)8)11(2)14-9-12(3,4)5/h9H,1-8H3/b11-10-,14-9?. The van der Waals surface area contributed by atoms with Gasteiger partial charge in [0.15, 0.2) is 0 Å². The zero-order valence-electron chi connectivity index (χ0n) is 11.0. The Kier molecular flexibility index (Phi) is 4.11. The van der Waals surface area contributed by atoms with Crippen LogP contribution < -0.4 is 0 Å². The molecule has 0 bridgehead atoms. The summed E-state index contributed by atoms with van der Waals surface area (Å²) in [7, 11) is 0. The molecule has 0 amide bonds. The summed E-state index contributed by atoms with van der Waals surface area (Å²) in [6, 6.07) is 0. The van der Waals surface area contributed by atoms with E-state index in [1.165, 1.54) is 5.57 Å². The largest absolute Gasteiger partial charge is 0.265 e. The molecule has 0 aliphatic carbocycles. The van der Waals surface area contributed by atoms with Crippen LogP contribution in [0.1, 0.15) is 55.4 Å². The second kappa shape index (κ2) is 4.29. The van der Waals surface area contributed by atoms with Crippen molar-refractivity contribution in [3.63, 3.8) is 0 Å². The minimum absolute atomic E-state index is 0.166. The van der Waals surface area contributed by atoms with Gasteiger partial charge in [-0.3, -0.25) is 4.99 Å². The lowest BCUT2D eigenvalue weighted by atomic mass is 9.86. The van der Waals surface area contributed by atoms with Gasteiger partial charge in [0.25, 0.3) is 0 Å². The maximum Gasteiger partial charge on any atom is 0.0363 e. The minimum atomic E-state index is 0.166. The monoisotopic (exact) mass is 195 g/mol. The quantitative estimate of drug-likeness (QED) is 0.548. The summed E-state index contributed by atoms with van der Waals surface area (Å²) in [6.07, 6.45) is 2.03. The molecule has 0 aliphatic rings. The van der Waals surface area contributed by atoms with Crippen molar-refractivity contribution in [2.45, 2.75) is 55.4 Å². The van der Waals surface area contributed by atoms with Crippen LogP contribution in [-0.2, 0) is 0 Å². The van der Waals surface area contributed by atoms with Crippen LogP contribution in [0.3, 0.4) is 0 Å². The third kappa shape index (κ3) is 5.21. The highest BCUT2D eigenvalue weighted by Crippen LogP contribution is 2.27. The van der Waals surface area contributed by atoms with E-state index in [0.29, 0.717) is 0 Å². The molecule has 82 valence electrons. The van der Waals surface area contributed by atoms with Crippen molar-refractivity contribution in [2.24, 2.45) is 15.8 Å². The molecule has 0 aliphatic heterocycles. The van der Waals surface area contributed by atoms with Gasteiger partial charge in [0, 0.05) is 11.9 Å². The summed E-state index contributed by atoms with van der Waals surface area (Å²) >= 11 is 0. The molecular formula is C13H25N. The number of nitrogens with zero attached hydrogens (tertiary/aromatic N) is 1. The molecule has 0 spiro atoms. The summed E-state index contributed by atoms with van der Waals surface area (Å²) < 4.78 is 0. The normalized spacial score (nSPS) is 16.0. The van der Waals surface area contributed by atoms with Gasteiger partial charge >= 0.3 is 0 Å². The van der Waals surface area contributed by atoms with E-state index in [2.05, 4.69) is 60.4 Å². The Bertz CT molecular complexity index is 243. The summed E-state index contributed by atoms with van der Waals surface area (Å²) in [6.45, 7) is 17.4. The lowest BCUT2D eigenvalue weighted by molar-refractivity contribution is 0.497. The topological polar surface area (TPSA) is 12.4 Å². The number of aliphatic imine (C=N–C) groups is 1. The van der Waals surface area contributed by atoms with E-state index in [-0.39, 0.29) is 10.8 Å². The highest BCUT2D eigenvalue weighted by Gasteiger charge is 2.15. The van der Waals surface area contributed by atoms with Gasteiger partial charge < -0.3 is 0 Å². The Labute approximate surface area is 89.3 Å². The van der Waals surface area contributed by atoms with Crippen molar-refractivity contribution < 1.29 is 0 Å². The molecule has 0 saturated carbocycles. The molecule has 1 heteroatoms. The Hall–Kier alpha value is -0.590. The van der Waals surface area contributed by atoms with E-state index < -0.39 is 0 Å². The molecule has 0 aromatic carbocycles. The van der Waals surface area contributed by atoms with E-state index in [1.54, 1.807) is 0 Å². The Morgan fingerprint density at radius 1 is 0.929 bits per heavy atom. The van der Waals surface area contributed by atoms with Gasteiger partial charge in [-0.2, -0.15) is 0 Å². The van der Waals surface area contributed by atoms with Crippen molar-refractivity contribution in [1.29, 1.82) is 0 Å². The molecule has 0 aromatic rings. The maximum absolute atomic E-state index is 4.52. The van der Waals surface area contributed by atoms with Crippen molar-refractivity contribution in [2.75, 3.05) is 0 Å². The summed E-state index contributed by atoms with van der Waals surface area (Å²) in [5.74, 6) is 0. The predicted octanol–water partition coefficient (Wildman–Crippen LogP) is 4.44. The van der Waals surface area contributed by atoms with Gasteiger partial charge in [-0.05, 0) is 30.3 Å². The molecule has 14 heavy (non-hydrogen) atoms. The van der Waals surface area contributed by atoms with Crippen molar-refractivity contribution in [3.05, 3.63) is 11.3 Å². The summed E-state index contributed by atoms with van der Waals surface area (Å²) in [4.78, 5) is 4.52. The molecule has 0 aromatic heterocycles. The third-order valence-corrected chi connectivity index (χ3v) is 2.31. The van der Waals surface area contributed by atoms with Crippen LogP contribution in [0.4, 0.5) is 0 Å². The number of allylic oxidation sites excluding steroid dienone is 2. The smallest absolute Gasteiger partial charge is 0.0363 e. The molecule has 0 rings (SSSR count). The fraction of sp³-hybridized carbons (Fsp3) is 0.769. The van der Waals surface area contributed by atoms with E-state index in [1.807, 2.05) is 6.21 Å². The number of hydrogen-bond donors (Lipinski definition) is 0. The van der Waals surface area contributed by atoms with Gasteiger partial charge in [-0.25, -0.2) is 0 Å². The first-order valence-corrected chi connectivity index (χ1v) is 5.27. The highest BCUT2D eigenvalue weighted by molar-refractivity contribution is 5.65. The molecule has 0 radical (unpaired) electrons. The number of hydrogen-bond acceptors (Lipinski definition) is 1. The zero-order valence-corrected chi connectivity index (χ0v) is 11.0. The fourth-order valence-electron chi connectivity index (χ4n) is 0.930. The first kappa shape index (κ1) is 13.4. The van der Waals surface area contributed by atoms with Gasteiger partial charge in [-0.1, -0.05) is 41.5 Å². The van der Waals surface area contributed by atoms with Crippen LogP contribution in [0.2, 0.25) is 0 Å². The summed E-state index contributed by atoms with van der Waals surface area (Å²) in [5, 5.41) is 0. The van der Waals surface area contributed by atoms with Crippen molar-refractivity contribution >= 4 is 6.21 Å². The SMILES string of the molecule is C/C(N=CC(C)(C)C)=C(\C)C(C)(C)C. The molecular weight excluding hydrogens is 170 g/mol. The average molecular weight is 195 g/mol. The predicted molar refractivity (Wildman–Crippen MR) is 65.8 cm³/mol. The van der Waals surface area contributed by atoms with Gasteiger partial charge in [0.1, 0.15) is 0 Å². The second-order valence-corrected chi connectivity index (χ2v) is 6.08. The van der Waals surface area contributed by atoms with E-state index >= 15 is 0 Å². The van der Waals surface area contributed by atoms with Crippen LogP contribution in [0.15, 0.2) is 16.3 Å². The Balaban J connectivity index is 4.80. The average Bonchev–Trinajstić information content (AvgIpc) is 1.95. The Morgan fingerprint density at radius 3 is 1.64 bits per heavy atom. The molecule has 0 saturated heterocycles. The van der Waals surface area contributed by atoms with Crippen LogP contribution in [0.25, 0.3) is 0 Å². The highest BCUT2D eigenvalue weighted by atomic mass is 14.7. The molecule has 0 fully saturated rings. The lowest BCUT2D eigenvalue weighted by Crippen LogP contribution is -2.10. The van der Waals surface area contributed by atoms with Crippen LogP contribution in [0, 0.1) is 10.8 Å². The van der Waals surface area contributed by atoms with E-state index in [4.69, 9.17) is 0 Å². The fourth-order valence-corrected chi connectivity index (χ4v) is 0.930. The van der Waals surface area contributed by atoms with E-state index in [0.717, 1.165) is 5.70 Å².